The van der Waals surface area contributed by atoms with E-state index in [2.05, 4.69) is 4.72 Å². The second kappa shape index (κ2) is 10.0. The smallest absolute Gasteiger partial charge is 0.241 e. The number of hydrogen-bond donors (Lipinski definition) is 1. The van der Waals surface area contributed by atoms with E-state index in [-0.39, 0.29) is 16.8 Å². The Morgan fingerprint density at radius 1 is 0.966 bits per heavy atom. The predicted octanol–water partition coefficient (Wildman–Crippen LogP) is 4.06. The SMILES string of the molecule is C[C@@H](NS(=O)(=O)c1ccc(CCC(=O)N2CCCCCC2)cc1)c1ccccc1. The number of sulfonamides is 1. The highest BCUT2D eigenvalue weighted by Crippen LogP contribution is 2.18. The molecule has 1 fully saturated rings. The van der Waals surface area contributed by atoms with Crippen molar-refractivity contribution in [2.24, 2.45) is 0 Å². The van der Waals surface area contributed by atoms with Crippen LogP contribution < -0.4 is 4.72 Å². The van der Waals surface area contributed by atoms with E-state index < -0.39 is 10.0 Å². The number of amides is 1. The fourth-order valence-electron chi connectivity index (χ4n) is 3.68. The number of carbonyl (C=O) groups is 1. The van der Waals surface area contributed by atoms with Crippen LogP contribution >= 0.6 is 0 Å². The van der Waals surface area contributed by atoms with Gasteiger partial charge in [-0.05, 0) is 49.4 Å². The summed E-state index contributed by atoms with van der Waals surface area (Å²) in [5.74, 6) is 0.196. The number of aryl methyl sites for hydroxylation is 1. The van der Waals surface area contributed by atoms with Gasteiger partial charge < -0.3 is 4.90 Å². The van der Waals surface area contributed by atoms with Gasteiger partial charge in [-0.25, -0.2) is 13.1 Å². The quantitative estimate of drug-likeness (QED) is 0.743. The summed E-state index contributed by atoms with van der Waals surface area (Å²) in [6, 6.07) is 16.0. The molecule has 0 aliphatic carbocycles. The van der Waals surface area contributed by atoms with Gasteiger partial charge in [0.05, 0.1) is 4.90 Å². The average Bonchev–Trinajstić information content (AvgIpc) is 3.02. The van der Waals surface area contributed by atoms with E-state index in [0.717, 1.165) is 37.1 Å². The third-order valence-corrected chi connectivity index (χ3v) is 7.01. The number of nitrogens with zero attached hydrogens (tertiary/aromatic N) is 1. The first-order chi connectivity index (χ1) is 14.0. The van der Waals surface area contributed by atoms with Crippen LogP contribution in [0.15, 0.2) is 59.5 Å². The van der Waals surface area contributed by atoms with E-state index in [9.17, 15) is 13.2 Å². The van der Waals surface area contributed by atoms with Crippen molar-refractivity contribution in [2.75, 3.05) is 13.1 Å². The molecule has 0 bridgehead atoms. The molecule has 1 amide bonds. The molecule has 0 unspecified atom stereocenters. The lowest BCUT2D eigenvalue weighted by Gasteiger charge is -2.20. The summed E-state index contributed by atoms with van der Waals surface area (Å²) in [6.07, 6.45) is 5.69. The van der Waals surface area contributed by atoms with Gasteiger partial charge in [0.15, 0.2) is 0 Å². The van der Waals surface area contributed by atoms with Gasteiger partial charge in [0.2, 0.25) is 15.9 Å². The van der Waals surface area contributed by atoms with Crippen molar-refractivity contribution in [2.45, 2.75) is 56.4 Å². The van der Waals surface area contributed by atoms with E-state index in [1.54, 1.807) is 24.3 Å². The number of benzene rings is 2. The Morgan fingerprint density at radius 3 is 2.21 bits per heavy atom. The van der Waals surface area contributed by atoms with Crippen molar-refractivity contribution in [3.8, 4) is 0 Å². The van der Waals surface area contributed by atoms with Crippen LogP contribution in [-0.4, -0.2) is 32.3 Å². The van der Waals surface area contributed by atoms with Crippen LogP contribution in [0.1, 0.15) is 56.2 Å². The Morgan fingerprint density at radius 2 is 1.59 bits per heavy atom. The highest BCUT2D eigenvalue weighted by Gasteiger charge is 2.19. The largest absolute Gasteiger partial charge is 0.343 e. The molecule has 1 saturated heterocycles. The zero-order valence-corrected chi connectivity index (χ0v) is 17.8. The monoisotopic (exact) mass is 414 g/mol. The van der Waals surface area contributed by atoms with Crippen molar-refractivity contribution in [3.05, 3.63) is 65.7 Å². The number of hydrogen-bond acceptors (Lipinski definition) is 3. The summed E-state index contributed by atoms with van der Waals surface area (Å²) in [6.45, 7) is 3.55. The van der Waals surface area contributed by atoms with E-state index in [0.29, 0.717) is 12.8 Å². The Labute approximate surface area is 174 Å². The number of likely N-dealkylation sites (tertiary alicyclic amines) is 1. The summed E-state index contributed by atoms with van der Waals surface area (Å²) < 4.78 is 28.0. The first-order valence-corrected chi connectivity index (χ1v) is 11.9. The minimum Gasteiger partial charge on any atom is -0.343 e. The van der Waals surface area contributed by atoms with E-state index >= 15 is 0 Å². The van der Waals surface area contributed by atoms with Gasteiger partial charge in [-0.15, -0.1) is 0 Å². The second-order valence-corrected chi connectivity index (χ2v) is 9.41. The maximum atomic E-state index is 12.7. The third-order valence-electron chi connectivity index (χ3n) is 5.45. The zero-order chi connectivity index (χ0) is 20.7. The molecule has 1 aliphatic heterocycles. The molecule has 6 heteroatoms. The van der Waals surface area contributed by atoms with Crippen LogP contribution in [0.25, 0.3) is 0 Å². The lowest BCUT2D eigenvalue weighted by Crippen LogP contribution is -2.31. The van der Waals surface area contributed by atoms with Crippen molar-refractivity contribution < 1.29 is 13.2 Å². The van der Waals surface area contributed by atoms with Gasteiger partial charge in [-0.2, -0.15) is 0 Å². The molecular weight excluding hydrogens is 384 g/mol. The molecule has 1 atom stereocenters. The minimum absolute atomic E-state index is 0.196. The summed E-state index contributed by atoms with van der Waals surface area (Å²) in [4.78, 5) is 14.6. The van der Waals surface area contributed by atoms with Gasteiger partial charge in [0.25, 0.3) is 0 Å². The molecular formula is C23H30N2O3S. The summed E-state index contributed by atoms with van der Waals surface area (Å²) in [7, 11) is -3.60. The molecule has 0 spiro atoms. The van der Waals surface area contributed by atoms with Gasteiger partial charge in [-0.1, -0.05) is 55.3 Å². The molecule has 2 aromatic carbocycles. The first-order valence-electron chi connectivity index (χ1n) is 10.4. The van der Waals surface area contributed by atoms with Gasteiger partial charge in [0, 0.05) is 25.6 Å². The van der Waals surface area contributed by atoms with Gasteiger partial charge in [-0.3, -0.25) is 4.79 Å². The summed E-state index contributed by atoms with van der Waals surface area (Å²) >= 11 is 0. The predicted molar refractivity (Wildman–Crippen MR) is 115 cm³/mol. The molecule has 156 valence electrons. The van der Waals surface area contributed by atoms with Gasteiger partial charge in [0.1, 0.15) is 0 Å². The average molecular weight is 415 g/mol. The molecule has 0 saturated carbocycles. The molecule has 29 heavy (non-hydrogen) atoms. The highest BCUT2D eigenvalue weighted by molar-refractivity contribution is 7.89. The molecule has 1 heterocycles. The lowest BCUT2D eigenvalue weighted by molar-refractivity contribution is -0.131. The van der Waals surface area contributed by atoms with Crippen molar-refractivity contribution in [3.63, 3.8) is 0 Å². The normalized spacial score (nSPS) is 16.2. The van der Waals surface area contributed by atoms with Crippen LogP contribution in [0.3, 0.4) is 0 Å². The number of nitrogens with one attached hydrogen (secondary N) is 1. The molecule has 0 aromatic heterocycles. The first kappa shape index (κ1) is 21.5. The second-order valence-electron chi connectivity index (χ2n) is 7.69. The van der Waals surface area contributed by atoms with Crippen LogP contribution in [0.4, 0.5) is 0 Å². The molecule has 2 aromatic rings. The van der Waals surface area contributed by atoms with Crippen molar-refractivity contribution >= 4 is 15.9 Å². The molecule has 1 aliphatic rings. The summed E-state index contributed by atoms with van der Waals surface area (Å²) in [5.41, 5.74) is 1.89. The standard InChI is InChI=1S/C23H30N2O3S/c1-19(21-9-5-4-6-10-21)24-29(27,28)22-14-11-20(12-15-22)13-16-23(26)25-17-7-2-3-8-18-25/h4-6,9-12,14-15,19,24H,2-3,7-8,13,16-18H2,1H3/t19-/m1/s1. The lowest BCUT2D eigenvalue weighted by atomic mass is 10.1. The maximum absolute atomic E-state index is 12.7. The van der Waals surface area contributed by atoms with Crippen LogP contribution in [-0.2, 0) is 21.2 Å². The number of rotatable bonds is 7. The highest BCUT2D eigenvalue weighted by atomic mass is 32.2. The van der Waals surface area contributed by atoms with Crippen molar-refractivity contribution in [1.29, 1.82) is 0 Å². The molecule has 1 N–H and O–H groups in total. The maximum Gasteiger partial charge on any atom is 0.241 e. The minimum atomic E-state index is -3.60. The van der Waals surface area contributed by atoms with Crippen molar-refractivity contribution in [1.82, 2.24) is 9.62 Å². The fourth-order valence-corrected chi connectivity index (χ4v) is 4.91. The van der Waals surface area contributed by atoms with Gasteiger partial charge >= 0.3 is 0 Å². The fraction of sp³-hybridized carbons (Fsp3) is 0.435. The topological polar surface area (TPSA) is 66.5 Å². The Hall–Kier alpha value is -2.18. The van der Waals surface area contributed by atoms with E-state index in [1.165, 1.54) is 12.8 Å². The Balaban J connectivity index is 1.56. The molecule has 5 nitrogen and oxygen atoms in total. The third kappa shape index (κ3) is 6.15. The van der Waals surface area contributed by atoms with Crippen LogP contribution in [0.5, 0.6) is 0 Å². The Bertz CT molecular complexity index is 887. The van der Waals surface area contributed by atoms with Crippen LogP contribution in [0, 0.1) is 0 Å². The van der Waals surface area contributed by atoms with Crippen LogP contribution in [0.2, 0.25) is 0 Å². The Kier molecular flexibility index (Phi) is 7.45. The van der Waals surface area contributed by atoms with E-state index in [1.807, 2.05) is 42.2 Å². The molecule has 0 radical (unpaired) electrons. The van der Waals surface area contributed by atoms with E-state index in [4.69, 9.17) is 0 Å². The number of carbonyl (C=O) groups excluding carboxylic acids is 1. The summed E-state index contributed by atoms with van der Waals surface area (Å²) in [5, 5.41) is 0. The molecule has 3 rings (SSSR count). The zero-order valence-electron chi connectivity index (χ0n) is 17.0.